The van der Waals surface area contributed by atoms with Gasteiger partial charge in [-0.1, -0.05) is 11.6 Å². The fourth-order valence-corrected chi connectivity index (χ4v) is 3.72. The summed E-state index contributed by atoms with van der Waals surface area (Å²) >= 11 is 5.95. The van der Waals surface area contributed by atoms with Gasteiger partial charge < -0.3 is 10.2 Å². The van der Waals surface area contributed by atoms with Crippen LogP contribution in [0.25, 0.3) is 0 Å². The monoisotopic (exact) mass is 428 g/mol. The van der Waals surface area contributed by atoms with Crippen molar-refractivity contribution in [2.75, 3.05) is 23.3 Å². The molecule has 0 radical (unpaired) electrons. The Bertz CT molecular complexity index is 856. The number of carbonyl (C=O) groups excluding carboxylic acids is 1. The van der Waals surface area contributed by atoms with Crippen molar-refractivity contribution in [3.8, 4) is 0 Å². The van der Waals surface area contributed by atoms with E-state index >= 15 is 0 Å². The van der Waals surface area contributed by atoms with Crippen LogP contribution in [-0.4, -0.2) is 28.8 Å². The van der Waals surface area contributed by atoms with Gasteiger partial charge in [0, 0.05) is 36.8 Å². The number of hydrogen-bond acceptors (Lipinski definition) is 3. The molecule has 9 heteroatoms. The molecule has 1 amide bonds. The van der Waals surface area contributed by atoms with Crippen LogP contribution in [0, 0.1) is 0 Å². The van der Waals surface area contributed by atoms with Crippen molar-refractivity contribution in [1.82, 2.24) is 9.78 Å². The van der Waals surface area contributed by atoms with Crippen LogP contribution in [0.2, 0.25) is 5.02 Å². The largest absolute Gasteiger partial charge is 0.436 e. The number of rotatable bonds is 8. The molecule has 1 N–H and O–H groups in total. The Labute approximate surface area is 172 Å². The maximum absolute atomic E-state index is 13.1. The Kier molecular flexibility index (Phi) is 6.41. The second-order valence-electron chi connectivity index (χ2n) is 7.06. The number of alkyl halides is 3. The zero-order valence-corrected chi connectivity index (χ0v) is 17.1. The van der Waals surface area contributed by atoms with E-state index < -0.39 is 11.9 Å². The molecule has 1 aromatic carbocycles. The maximum atomic E-state index is 13.1. The highest BCUT2D eigenvalue weighted by Crippen LogP contribution is 2.46. The molecular weight excluding hydrogens is 405 g/mol. The first-order valence-electron chi connectivity index (χ1n) is 9.72. The highest BCUT2D eigenvalue weighted by Gasteiger charge is 2.42. The minimum absolute atomic E-state index is 0.00677. The van der Waals surface area contributed by atoms with E-state index in [-0.39, 0.29) is 29.8 Å². The van der Waals surface area contributed by atoms with Crippen LogP contribution in [0.3, 0.4) is 0 Å². The van der Waals surface area contributed by atoms with Gasteiger partial charge in [-0.25, -0.2) is 0 Å². The summed E-state index contributed by atoms with van der Waals surface area (Å²) in [5.74, 6) is -0.302. The van der Waals surface area contributed by atoms with E-state index in [1.165, 1.54) is 4.68 Å². The van der Waals surface area contributed by atoms with Crippen molar-refractivity contribution in [2.45, 2.75) is 51.7 Å². The van der Waals surface area contributed by atoms with Gasteiger partial charge in [0.2, 0.25) is 5.91 Å². The predicted octanol–water partition coefficient (Wildman–Crippen LogP) is 5.31. The fourth-order valence-electron chi connectivity index (χ4n) is 3.33. The van der Waals surface area contributed by atoms with Gasteiger partial charge >= 0.3 is 6.18 Å². The quantitative estimate of drug-likeness (QED) is 0.620. The van der Waals surface area contributed by atoms with E-state index in [4.69, 9.17) is 11.6 Å². The molecule has 1 aromatic heterocycles. The molecule has 1 saturated carbocycles. The lowest BCUT2D eigenvalue weighted by atomic mass is 10.2. The SMILES string of the molecule is CCN(CC)c1ccc(NC(=O)CCn2nc(C(F)(F)F)c(Cl)c2C2CC2)cc1. The number of nitrogens with zero attached hydrogens (tertiary/aromatic N) is 3. The number of aromatic nitrogens is 2. The van der Waals surface area contributed by atoms with Gasteiger partial charge in [-0.3, -0.25) is 9.48 Å². The van der Waals surface area contributed by atoms with Crippen LogP contribution in [0.15, 0.2) is 24.3 Å². The third kappa shape index (κ3) is 5.04. The molecule has 0 spiro atoms. The first-order chi connectivity index (χ1) is 13.7. The first-order valence-corrected chi connectivity index (χ1v) is 10.1. The van der Waals surface area contributed by atoms with Gasteiger partial charge in [0.25, 0.3) is 0 Å². The summed E-state index contributed by atoms with van der Waals surface area (Å²) in [6.45, 7) is 5.96. The highest BCUT2D eigenvalue weighted by atomic mass is 35.5. The van der Waals surface area contributed by atoms with Crippen molar-refractivity contribution in [1.29, 1.82) is 0 Å². The van der Waals surface area contributed by atoms with Gasteiger partial charge in [-0.15, -0.1) is 0 Å². The normalized spacial score (nSPS) is 14.1. The van der Waals surface area contributed by atoms with Crippen molar-refractivity contribution >= 4 is 28.9 Å². The van der Waals surface area contributed by atoms with Gasteiger partial charge in [0.1, 0.15) is 0 Å². The van der Waals surface area contributed by atoms with Crippen molar-refractivity contribution in [3.05, 3.63) is 40.7 Å². The molecule has 29 heavy (non-hydrogen) atoms. The van der Waals surface area contributed by atoms with Crippen molar-refractivity contribution in [2.24, 2.45) is 0 Å². The molecule has 1 aliphatic rings. The summed E-state index contributed by atoms with van der Waals surface area (Å²) in [6, 6.07) is 7.48. The van der Waals surface area contributed by atoms with E-state index in [1.54, 1.807) is 0 Å². The van der Waals surface area contributed by atoms with Crippen LogP contribution in [0.5, 0.6) is 0 Å². The summed E-state index contributed by atoms with van der Waals surface area (Å²) in [7, 11) is 0. The molecular formula is C20H24ClF3N4O. The van der Waals surface area contributed by atoms with E-state index in [0.29, 0.717) is 11.4 Å². The molecule has 2 aromatic rings. The minimum Gasteiger partial charge on any atom is -0.372 e. The van der Waals surface area contributed by atoms with Gasteiger partial charge in [-0.2, -0.15) is 18.3 Å². The summed E-state index contributed by atoms with van der Waals surface area (Å²) in [5.41, 5.74) is 1.01. The maximum Gasteiger partial charge on any atom is 0.436 e. The number of halogens is 4. The lowest BCUT2D eigenvalue weighted by molar-refractivity contribution is -0.141. The Balaban J connectivity index is 1.64. The predicted molar refractivity (Wildman–Crippen MR) is 107 cm³/mol. The highest BCUT2D eigenvalue weighted by molar-refractivity contribution is 6.32. The Morgan fingerprint density at radius 3 is 2.38 bits per heavy atom. The molecule has 1 fully saturated rings. The average Bonchev–Trinajstić information content (AvgIpc) is 3.44. The number of nitrogens with one attached hydrogen (secondary N) is 1. The lowest BCUT2D eigenvalue weighted by Gasteiger charge is -2.21. The fraction of sp³-hybridized carbons (Fsp3) is 0.500. The van der Waals surface area contributed by atoms with Crippen molar-refractivity contribution < 1.29 is 18.0 Å². The Morgan fingerprint density at radius 2 is 1.86 bits per heavy atom. The zero-order valence-electron chi connectivity index (χ0n) is 16.4. The molecule has 0 aliphatic heterocycles. The van der Waals surface area contributed by atoms with E-state index in [9.17, 15) is 18.0 Å². The lowest BCUT2D eigenvalue weighted by Crippen LogP contribution is -2.21. The number of benzene rings is 1. The Hall–Kier alpha value is -2.22. The van der Waals surface area contributed by atoms with E-state index in [1.807, 2.05) is 24.3 Å². The summed E-state index contributed by atoms with van der Waals surface area (Å²) in [5, 5.41) is 6.08. The van der Waals surface area contributed by atoms with Gasteiger partial charge in [0.15, 0.2) is 5.69 Å². The van der Waals surface area contributed by atoms with E-state index in [0.717, 1.165) is 31.6 Å². The first kappa shape index (κ1) is 21.5. The van der Waals surface area contributed by atoms with Crippen LogP contribution >= 0.6 is 11.6 Å². The number of carbonyl (C=O) groups is 1. The summed E-state index contributed by atoms with van der Waals surface area (Å²) in [4.78, 5) is 14.5. The number of amides is 1. The zero-order chi connectivity index (χ0) is 21.2. The van der Waals surface area contributed by atoms with Crippen LogP contribution in [0.1, 0.15) is 50.4 Å². The number of hydrogen-bond donors (Lipinski definition) is 1. The van der Waals surface area contributed by atoms with Crippen LogP contribution in [0.4, 0.5) is 24.5 Å². The van der Waals surface area contributed by atoms with Gasteiger partial charge in [0.05, 0.1) is 17.3 Å². The molecule has 5 nitrogen and oxygen atoms in total. The summed E-state index contributed by atoms with van der Waals surface area (Å²) in [6.07, 6.45) is -3.03. The third-order valence-corrected chi connectivity index (χ3v) is 5.37. The van der Waals surface area contributed by atoms with E-state index in [2.05, 4.69) is 29.2 Å². The second-order valence-corrected chi connectivity index (χ2v) is 7.44. The molecule has 158 valence electrons. The standard InChI is InChI=1S/C20H24ClF3N4O/c1-3-27(4-2)15-9-7-14(8-10-15)25-16(29)11-12-28-18(13-5-6-13)17(21)19(26-28)20(22,23)24/h7-10,13H,3-6,11-12H2,1-2H3,(H,25,29). The average molecular weight is 429 g/mol. The number of anilines is 2. The molecule has 1 heterocycles. The topological polar surface area (TPSA) is 50.2 Å². The smallest absolute Gasteiger partial charge is 0.372 e. The van der Waals surface area contributed by atoms with Crippen molar-refractivity contribution in [3.63, 3.8) is 0 Å². The number of aryl methyl sites for hydroxylation is 1. The molecule has 3 rings (SSSR count). The molecule has 0 saturated heterocycles. The second kappa shape index (κ2) is 8.65. The van der Waals surface area contributed by atoms with Crippen LogP contribution in [-0.2, 0) is 17.5 Å². The Morgan fingerprint density at radius 1 is 1.24 bits per heavy atom. The molecule has 1 aliphatic carbocycles. The van der Waals surface area contributed by atoms with Crippen LogP contribution < -0.4 is 10.2 Å². The molecule has 0 unspecified atom stereocenters. The summed E-state index contributed by atoms with van der Waals surface area (Å²) < 4.78 is 40.6. The van der Waals surface area contributed by atoms with Gasteiger partial charge in [-0.05, 0) is 51.0 Å². The minimum atomic E-state index is -4.61. The molecule has 0 atom stereocenters. The third-order valence-electron chi connectivity index (χ3n) is 4.99. The molecule has 0 bridgehead atoms.